The van der Waals surface area contributed by atoms with E-state index in [1.807, 2.05) is 4.90 Å². The number of piperazine rings is 1. The van der Waals surface area contributed by atoms with Gasteiger partial charge in [0.05, 0.1) is 6.42 Å². The lowest BCUT2D eigenvalue weighted by atomic mass is 10.1. The molecule has 0 aliphatic carbocycles. The van der Waals surface area contributed by atoms with E-state index in [0.29, 0.717) is 6.04 Å². The third kappa shape index (κ3) is 3.33. The first-order valence-electron chi connectivity index (χ1n) is 5.78. The SMILES string of the molecule is FC(F)(F)CCN1CC(N2CCNCC2)C1. The van der Waals surface area contributed by atoms with Crippen LogP contribution in [0.25, 0.3) is 0 Å². The molecule has 0 spiro atoms. The summed E-state index contributed by atoms with van der Waals surface area (Å²) in [5.74, 6) is 0. The lowest BCUT2D eigenvalue weighted by Gasteiger charge is -2.47. The molecule has 0 radical (unpaired) electrons. The summed E-state index contributed by atoms with van der Waals surface area (Å²) in [4.78, 5) is 4.26. The molecular formula is C10H18F3N3. The number of likely N-dealkylation sites (tertiary alicyclic amines) is 1. The lowest BCUT2D eigenvalue weighted by molar-refractivity contribution is -0.142. The second-order valence-corrected chi connectivity index (χ2v) is 4.56. The Kier molecular flexibility index (Phi) is 3.71. The van der Waals surface area contributed by atoms with Crippen LogP contribution in [0.4, 0.5) is 13.2 Å². The normalized spacial score (nSPS) is 25.7. The topological polar surface area (TPSA) is 18.5 Å². The molecule has 0 unspecified atom stereocenters. The molecule has 0 amide bonds. The Morgan fingerprint density at radius 1 is 1.12 bits per heavy atom. The fourth-order valence-electron chi connectivity index (χ4n) is 2.29. The van der Waals surface area contributed by atoms with Crippen LogP contribution in [-0.4, -0.2) is 67.8 Å². The van der Waals surface area contributed by atoms with Crippen LogP contribution in [0.5, 0.6) is 0 Å². The Morgan fingerprint density at radius 3 is 2.31 bits per heavy atom. The molecule has 3 nitrogen and oxygen atoms in total. The zero-order chi connectivity index (χ0) is 11.6. The van der Waals surface area contributed by atoms with Gasteiger partial charge in [0, 0.05) is 51.9 Å². The first-order chi connectivity index (χ1) is 7.54. The van der Waals surface area contributed by atoms with Gasteiger partial charge < -0.3 is 5.32 Å². The van der Waals surface area contributed by atoms with Crippen LogP contribution < -0.4 is 5.32 Å². The molecule has 0 aromatic rings. The monoisotopic (exact) mass is 237 g/mol. The molecule has 2 aliphatic heterocycles. The van der Waals surface area contributed by atoms with E-state index in [4.69, 9.17) is 0 Å². The van der Waals surface area contributed by atoms with Gasteiger partial charge >= 0.3 is 6.18 Å². The van der Waals surface area contributed by atoms with Gasteiger partial charge in [-0.1, -0.05) is 0 Å². The maximum absolute atomic E-state index is 12.0. The Hall–Kier alpha value is -0.330. The standard InChI is InChI=1S/C10H18F3N3/c11-10(12,13)1-4-15-7-9(8-15)16-5-2-14-3-6-16/h9,14H,1-8H2. The van der Waals surface area contributed by atoms with Crippen LogP contribution in [0.1, 0.15) is 6.42 Å². The Labute approximate surface area is 93.6 Å². The zero-order valence-electron chi connectivity index (χ0n) is 9.26. The molecule has 0 aromatic carbocycles. The van der Waals surface area contributed by atoms with E-state index in [1.54, 1.807) is 0 Å². The second kappa shape index (κ2) is 4.89. The van der Waals surface area contributed by atoms with Gasteiger partial charge in [0.25, 0.3) is 0 Å². The van der Waals surface area contributed by atoms with E-state index in [1.165, 1.54) is 0 Å². The molecule has 2 fully saturated rings. The summed E-state index contributed by atoms with van der Waals surface area (Å²) in [6, 6.07) is 0.482. The molecule has 0 atom stereocenters. The minimum absolute atomic E-state index is 0.159. The van der Waals surface area contributed by atoms with Gasteiger partial charge in [-0.3, -0.25) is 9.80 Å². The first-order valence-corrected chi connectivity index (χ1v) is 5.78. The van der Waals surface area contributed by atoms with Crippen molar-refractivity contribution in [3.8, 4) is 0 Å². The number of hydrogen-bond acceptors (Lipinski definition) is 3. The fourth-order valence-corrected chi connectivity index (χ4v) is 2.29. The highest BCUT2D eigenvalue weighted by molar-refractivity contribution is 4.89. The summed E-state index contributed by atoms with van der Waals surface area (Å²) in [6.45, 7) is 5.81. The molecule has 1 N–H and O–H groups in total. The van der Waals surface area contributed by atoms with Crippen molar-refractivity contribution in [2.24, 2.45) is 0 Å². The molecule has 2 heterocycles. The van der Waals surface area contributed by atoms with Gasteiger partial charge in [0.2, 0.25) is 0 Å². The maximum Gasteiger partial charge on any atom is 0.390 e. The van der Waals surface area contributed by atoms with Crippen LogP contribution in [0, 0.1) is 0 Å². The third-order valence-corrected chi connectivity index (χ3v) is 3.32. The largest absolute Gasteiger partial charge is 0.390 e. The van der Waals surface area contributed by atoms with Crippen molar-refractivity contribution >= 4 is 0 Å². The number of rotatable bonds is 3. The summed E-state index contributed by atoms with van der Waals surface area (Å²) in [7, 11) is 0. The molecule has 0 bridgehead atoms. The summed E-state index contributed by atoms with van der Waals surface area (Å²) < 4.78 is 35.9. The number of nitrogens with one attached hydrogen (secondary N) is 1. The summed E-state index contributed by atoms with van der Waals surface area (Å²) in [5, 5.41) is 3.27. The predicted octanol–water partition coefficient (Wildman–Crippen LogP) is 0.528. The molecule has 2 saturated heterocycles. The van der Waals surface area contributed by atoms with Crippen molar-refractivity contribution < 1.29 is 13.2 Å². The van der Waals surface area contributed by atoms with Crippen molar-refractivity contribution in [3.63, 3.8) is 0 Å². The van der Waals surface area contributed by atoms with Gasteiger partial charge in [-0.25, -0.2) is 0 Å². The molecule has 0 aromatic heterocycles. The van der Waals surface area contributed by atoms with Crippen molar-refractivity contribution in [2.75, 3.05) is 45.8 Å². The molecule has 2 aliphatic rings. The second-order valence-electron chi connectivity index (χ2n) is 4.56. The quantitative estimate of drug-likeness (QED) is 0.772. The molecular weight excluding hydrogens is 219 g/mol. The van der Waals surface area contributed by atoms with E-state index in [0.717, 1.165) is 39.3 Å². The molecule has 6 heteroatoms. The van der Waals surface area contributed by atoms with E-state index in [-0.39, 0.29) is 6.54 Å². The van der Waals surface area contributed by atoms with Crippen molar-refractivity contribution in [1.82, 2.24) is 15.1 Å². The Bertz CT molecular complexity index is 220. The minimum atomic E-state index is -4.01. The predicted molar refractivity (Wildman–Crippen MR) is 55.3 cm³/mol. The van der Waals surface area contributed by atoms with Gasteiger partial charge in [-0.15, -0.1) is 0 Å². The number of hydrogen-bond donors (Lipinski definition) is 1. The number of halogens is 3. The van der Waals surface area contributed by atoms with Crippen LogP contribution in [0.15, 0.2) is 0 Å². The molecule has 16 heavy (non-hydrogen) atoms. The van der Waals surface area contributed by atoms with Crippen molar-refractivity contribution in [2.45, 2.75) is 18.6 Å². The fraction of sp³-hybridized carbons (Fsp3) is 1.00. The van der Waals surface area contributed by atoms with E-state index in [9.17, 15) is 13.2 Å². The lowest BCUT2D eigenvalue weighted by Crippen LogP contribution is -2.62. The highest BCUT2D eigenvalue weighted by atomic mass is 19.4. The highest BCUT2D eigenvalue weighted by Gasteiger charge is 2.35. The zero-order valence-corrected chi connectivity index (χ0v) is 9.26. The van der Waals surface area contributed by atoms with Crippen LogP contribution in [0.2, 0.25) is 0 Å². The van der Waals surface area contributed by atoms with Gasteiger partial charge in [-0.2, -0.15) is 13.2 Å². The van der Waals surface area contributed by atoms with Crippen molar-refractivity contribution in [3.05, 3.63) is 0 Å². The molecule has 94 valence electrons. The smallest absolute Gasteiger partial charge is 0.314 e. The van der Waals surface area contributed by atoms with E-state index < -0.39 is 12.6 Å². The van der Waals surface area contributed by atoms with Crippen LogP contribution in [-0.2, 0) is 0 Å². The maximum atomic E-state index is 12.0. The van der Waals surface area contributed by atoms with E-state index >= 15 is 0 Å². The van der Waals surface area contributed by atoms with Gasteiger partial charge in [-0.05, 0) is 0 Å². The van der Waals surface area contributed by atoms with E-state index in [2.05, 4.69) is 10.2 Å². The Morgan fingerprint density at radius 2 is 1.75 bits per heavy atom. The van der Waals surface area contributed by atoms with Gasteiger partial charge in [0.1, 0.15) is 0 Å². The number of nitrogens with zero attached hydrogens (tertiary/aromatic N) is 2. The highest BCUT2D eigenvalue weighted by Crippen LogP contribution is 2.22. The summed E-state index contributed by atoms with van der Waals surface area (Å²) >= 11 is 0. The summed E-state index contributed by atoms with van der Waals surface area (Å²) in [6.07, 6.45) is -4.69. The molecule has 0 saturated carbocycles. The van der Waals surface area contributed by atoms with Gasteiger partial charge in [0.15, 0.2) is 0 Å². The average molecular weight is 237 g/mol. The Balaban J connectivity index is 1.62. The third-order valence-electron chi connectivity index (χ3n) is 3.32. The van der Waals surface area contributed by atoms with Crippen molar-refractivity contribution in [1.29, 1.82) is 0 Å². The van der Waals surface area contributed by atoms with Crippen LogP contribution in [0.3, 0.4) is 0 Å². The first kappa shape index (κ1) is 12.1. The number of alkyl halides is 3. The summed E-state index contributed by atoms with van der Waals surface area (Å²) in [5.41, 5.74) is 0. The minimum Gasteiger partial charge on any atom is -0.314 e. The van der Waals surface area contributed by atoms with Crippen LogP contribution >= 0.6 is 0 Å². The molecule has 2 rings (SSSR count). The average Bonchev–Trinajstić information content (AvgIpc) is 2.15.